The van der Waals surface area contributed by atoms with Gasteiger partial charge < -0.3 is 15.6 Å². The first kappa shape index (κ1) is 17.1. The lowest BCUT2D eigenvalue weighted by Crippen LogP contribution is -2.38. The highest BCUT2D eigenvalue weighted by Gasteiger charge is 2.18. The summed E-state index contributed by atoms with van der Waals surface area (Å²) in [5.41, 5.74) is 8.22. The minimum absolute atomic E-state index is 0.155. The molecule has 1 aromatic carbocycles. The number of likely N-dealkylation sites (tertiary alicyclic amines) is 1. The Morgan fingerprint density at radius 3 is 2.79 bits per heavy atom. The van der Waals surface area contributed by atoms with E-state index in [1.54, 1.807) is 10.9 Å². The van der Waals surface area contributed by atoms with Crippen molar-refractivity contribution in [2.75, 3.05) is 32.0 Å². The summed E-state index contributed by atoms with van der Waals surface area (Å²) in [6, 6.07) is 5.55. The van der Waals surface area contributed by atoms with Crippen LogP contribution in [0.3, 0.4) is 0 Å². The SMILES string of the molecule is Cn1ncc(Cl)c1-c1cc(N)ccc1OCCN1CCC(O)CC1. The van der Waals surface area contributed by atoms with E-state index in [1.807, 2.05) is 25.2 Å². The summed E-state index contributed by atoms with van der Waals surface area (Å²) in [5.74, 6) is 0.742. The lowest BCUT2D eigenvalue weighted by molar-refractivity contribution is 0.0755. The number of nitrogens with two attached hydrogens (primary N) is 1. The molecule has 2 heterocycles. The molecule has 1 saturated heterocycles. The molecule has 0 aliphatic carbocycles. The zero-order chi connectivity index (χ0) is 17.1. The molecule has 0 bridgehead atoms. The Bertz CT molecular complexity index is 676. The number of ether oxygens (including phenoxy) is 1. The van der Waals surface area contributed by atoms with E-state index in [1.165, 1.54) is 0 Å². The first-order chi connectivity index (χ1) is 11.5. The van der Waals surface area contributed by atoms with Crippen molar-refractivity contribution >= 4 is 17.3 Å². The molecule has 7 heteroatoms. The lowest BCUT2D eigenvalue weighted by atomic mass is 10.1. The highest BCUT2D eigenvalue weighted by Crippen LogP contribution is 2.35. The fourth-order valence-corrected chi connectivity index (χ4v) is 3.27. The largest absolute Gasteiger partial charge is 0.492 e. The van der Waals surface area contributed by atoms with Crippen molar-refractivity contribution in [1.29, 1.82) is 0 Å². The second kappa shape index (κ2) is 7.42. The normalized spacial score (nSPS) is 16.5. The van der Waals surface area contributed by atoms with Crippen LogP contribution >= 0.6 is 11.6 Å². The molecule has 0 spiro atoms. The molecule has 2 aromatic rings. The van der Waals surface area contributed by atoms with E-state index in [9.17, 15) is 5.11 Å². The molecule has 130 valence electrons. The Morgan fingerprint density at radius 2 is 2.12 bits per heavy atom. The van der Waals surface area contributed by atoms with Crippen molar-refractivity contribution in [3.05, 3.63) is 29.4 Å². The molecule has 1 aliphatic heterocycles. The number of hydrogen-bond donors (Lipinski definition) is 2. The van der Waals surface area contributed by atoms with Crippen molar-refractivity contribution in [2.45, 2.75) is 18.9 Å². The average Bonchev–Trinajstić information content (AvgIpc) is 2.89. The summed E-state index contributed by atoms with van der Waals surface area (Å²) in [7, 11) is 1.84. The van der Waals surface area contributed by atoms with E-state index in [2.05, 4.69) is 10.00 Å². The third-order valence-electron chi connectivity index (χ3n) is 4.38. The third kappa shape index (κ3) is 3.83. The van der Waals surface area contributed by atoms with Crippen molar-refractivity contribution in [3.63, 3.8) is 0 Å². The first-order valence-corrected chi connectivity index (χ1v) is 8.53. The van der Waals surface area contributed by atoms with Crippen LogP contribution in [-0.4, -0.2) is 52.1 Å². The Hall–Kier alpha value is -1.76. The number of anilines is 1. The predicted octanol–water partition coefficient (Wildman–Crippen LogP) is 2.16. The van der Waals surface area contributed by atoms with Crippen LogP contribution in [-0.2, 0) is 7.05 Å². The summed E-state index contributed by atoms with van der Waals surface area (Å²) >= 11 is 6.26. The summed E-state index contributed by atoms with van der Waals surface area (Å²) in [4.78, 5) is 2.31. The molecule has 24 heavy (non-hydrogen) atoms. The maximum Gasteiger partial charge on any atom is 0.128 e. The number of aliphatic hydroxyl groups is 1. The van der Waals surface area contributed by atoms with Crippen LogP contribution in [0.25, 0.3) is 11.3 Å². The van der Waals surface area contributed by atoms with Gasteiger partial charge in [0, 0.05) is 37.9 Å². The van der Waals surface area contributed by atoms with Gasteiger partial charge in [-0.3, -0.25) is 9.58 Å². The van der Waals surface area contributed by atoms with E-state index < -0.39 is 0 Å². The summed E-state index contributed by atoms with van der Waals surface area (Å²) in [6.07, 6.45) is 3.12. The molecule has 1 aromatic heterocycles. The predicted molar refractivity (Wildman–Crippen MR) is 95.2 cm³/mol. The number of benzene rings is 1. The van der Waals surface area contributed by atoms with Crippen LogP contribution in [0.2, 0.25) is 5.02 Å². The molecule has 0 radical (unpaired) electrons. The maximum absolute atomic E-state index is 9.56. The second-order valence-electron chi connectivity index (χ2n) is 6.14. The zero-order valence-electron chi connectivity index (χ0n) is 13.8. The van der Waals surface area contributed by atoms with Crippen LogP contribution in [0, 0.1) is 0 Å². The van der Waals surface area contributed by atoms with E-state index in [4.69, 9.17) is 22.1 Å². The van der Waals surface area contributed by atoms with Gasteiger partial charge in [-0.15, -0.1) is 0 Å². The molecule has 3 rings (SSSR count). The fourth-order valence-electron chi connectivity index (χ4n) is 3.00. The van der Waals surface area contributed by atoms with E-state index in [0.717, 1.165) is 49.5 Å². The van der Waals surface area contributed by atoms with Crippen molar-refractivity contribution in [2.24, 2.45) is 7.05 Å². The average molecular weight is 351 g/mol. The van der Waals surface area contributed by atoms with Crippen LogP contribution in [0.5, 0.6) is 5.75 Å². The van der Waals surface area contributed by atoms with Crippen LogP contribution in [0.4, 0.5) is 5.69 Å². The van der Waals surface area contributed by atoms with Gasteiger partial charge in [0.2, 0.25) is 0 Å². The van der Waals surface area contributed by atoms with Crippen LogP contribution in [0.15, 0.2) is 24.4 Å². The van der Waals surface area contributed by atoms with Crippen molar-refractivity contribution < 1.29 is 9.84 Å². The van der Waals surface area contributed by atoms with Gasteiger partial charge in [-0.05, 0) is 31.0 Å². The number of nitrogens with zero attached hydrogens (tertiary/aromatic N) is 3. The highest BCUT2D eigenvalue weighted by molar-refractivity contribution is 6.33. The van der Waals surface area contributed by atoms with E-state index >= 15 is 0 Å². The second-order valence-corrected chi connectivity index (χ2v) is 6.55. The minimum Gasteiger partial charge on any atom is -0.492 e. The van der Waals surface area contributed by atoms with Gasteiger partial charge in [-0.1, -0.05) is 11.6 Å². The topological polar surface area (TPSA) is 76.5 Å². The molecule has 3 N–H and O–H groups in total. The Morgan fingerprint density at radius 1 is 1.38 bits per heavy atom. The quantitative estimate of drug-likeness (QED) is 0.808. The summed E-state index contributed by atoms with van der Waals surface area (Å²) in [5, 5.41) is 14.3. The molecule has 0 atom stereocenters. The Kier molecular flexibility index (Phi) is 5.28. The highest BCUT2D eigenvalue weighted by atomic mass is 35.5. The Labute approximate surface area is 146 Å². The lowest BCUT2D eigenvalue weighted by Gasteiger charge is -2.29. The van der Waals surface area contributed by atoms with Gasteiger partial charge in [-0.2, -0.15) is 5.10 Å². The van der Waals surface area contributed by atoms with Crippen molar-refractivity contribution in [1.82, 2.24) is 14.7 Å². The number of piperidine rings is 1. The number of hydrogen-bond acceptors (Lipinski definition) is 5. The number of aryl methyl sites for hydroxylation is 1. The number of nitrogen functional groups attached to an aromatic ring is 1. The zero-order valence-corrected chi connectivity index (χ0v) is 14.5. The molecule has 6 nitrogen and oxygen atoms in total. The summed E-state index contributed by atoms with van der Waals surface area (Å²) < 4.78 is 7.71. The molecule has 0 unspecified atom stereocenters. The molecular weight excluding hydrogens is 328 g/mol. The third-order valence-corrected chi connectivity index (χ3v) is 4.65. The standard InChI is InChI=1S/C17H23ClN4O2/c1-21-17(15(18)11-20-21)14-10-12(19)2-3-16(14)24-9-8-22-6-4-13(23)5-7-22/h2-3,10-11,13,23H,4-9,19H2,1H3. The smallest absolute Gasteiger partial charge is 0.128 e. The monoisotopic (exact) mass is 350 g/mol. The van der Waals surface area contributed by atoms with Gasteiger partial charge in [0.1, 0.15) is 12.4 Å². The molecule has 0 saturated carbocycles. The molecule has 1 aliphatic rings. The van der Waals surface area contributed by atoms with Gasteiger partial charge >= 0.3 is 0 Å². The van der Waals surface area contributed by atoms with Gasteiger partial charge in [-0.25, -0.2) is 0 Å². The van der Waals surface area contributed by atoms with E-state index in [-0.39, 0.29) is 6.10 Å². The van der Waals surface area contributed by atoms with Crippen LogP contribution < -0.4 is 10.5 Å². The first-order valence-electron chi connectivity index (χ1n) is 8.15. The number of aliphatic hydroxyl groups excluding tert-OH is 1. The minimum atomic E-state index is -0.155. The number of rotatable bonds is 5. The summed E-state index contributed by atoms with van der Waals surface area (Å²) in [6.45, 7) is 3.22. The van der Waals surface area contributed by atoms with E-state index in [0.29, 0.717) is 17.3 Å². The number of aromatic nitrogens is 2. The molecular formula is C17H23ClN4O2. The maximum atomic E-state index is 9.56. The van der Waals surface area contributed by atoms with Crippen LogP contribution in [0.1, 0.15) is 12.8 Å². The van der Waals surface area contributed by atoms with Gasteiger partial charge in [0.15, 0.2) is 0 Å². The molecule has 0 amide bonds. The van der Waals surface area contributed by atoms with Crippen molar-refractivity contribution in [3.8, 4) is 17.0 Å². The van der Waals surface area contributed by atoms with Gasteiger partial charge in [0.25, 0.3) is 0 Å². The Balaban J connectivity index is 1.70. The number of halogens is 1. The fraction of sp³-hybridized carbons (Fsp3) is 0.471. The molecule has 1 fully saturated rings. The van der Waals surface area contributed by atoms with Gasteiger partial charge in [0.05, 0.1) is 23.0 Å².